The smallest absolute Gasteiger partial charge is 0.252 e. The predicted molar refractivity (Wildman–Crippen MR) is 94.0 cm³/mol. The van der Waals surface area contributed by atoms with Crippen LogP contribution in [0.3, 0.4) is 0 Å². The number of hydrogen-bond acceptors (Lipinski definition) is 2. The molecule has 5 heteroatoms. The first-order chi connectivity index (χ1) is 11.5. The van der Waals surface area contributed by atoms with Crippen LogP contribution in [0, 0.1) is 0 Å². The van der Waals surface area contributed by atoms with E-state index in [-0.39, 0.29) is 11.5 Å². The summed E-state index contributed by atoms with van der Waals surface area (Å²) in [6, 6.07) is 11.8. The molecule has 1 atom stereocenters. The molecule has 0 aliphatic carbocycles. The molecule has 3 aromatic rings. The van der Waals surface area contributed by atoms with Crippen LogP contribution < -0.4 is 10.9 Å². The molecule has 1 fully saturated rings. The van der Waals surface area contributed by atoms with Crippen molar-refractivity contribution in [1.29, 1.82) is 0 Å². The van der Waals surface area contributed by atoms with Gasteiger partial charge in [0.25, 0.3) is 5.56 Å². The van der Waals surface area contributed by atoms with Gasteiger partial charge in [0.15, 0.2) is 0 Å². The van der Waals surface area contributed by atoms with Gasteiger partial charge in [0.1, 0.15) is 0 Å². The average Bonchev–Trinajstić information content (AvgIpc) is 3.11. The van der Waals surface area contributed by atoms with Crippen molar-refractivity contribution in [3.63, 3.8) is 0 Å². The van der Waals surface area contributed by atoms with E-state index in [1.165, 1.54) is 0 Å². The van der Waals surface area contributed by atoms with E-state index in [1.54, 1.807) is 6.07 Å². The van der Waals surface area contributed by atoms with Crippen LogP contribution in [0.25, 0.3) is 22.2 Å². The lowest BCUT2D eigenvalue weighted by Crippen LogP contribution is -2.37. The fraction of sp³-hybridized carbons (Fsp3) is 0.263. The molecule has 2 N–H and O–H groups in total. The summed E-state index contributed by atoms with van der Waals surface area (Å²) in [6.45, 7) is 2.44. The van der Waals surface area contributed by atoms with Gasteiger partial charge < -0.3 is 14.9 Å². The lowest BCUT2D eigenvalue weighted by molar-refractivity contribution is -0.123. The van der Waals surface area contributed by atoms with Crippen LogP contribution in [0.2, 0.25) is 0 Å². The van der Waals surface area contributed by atoms with Crippen LogP contribution in [0.15, 0.2) is 47.4 Å². The third kappa shape index (κ3) is 2.08. The Morgan fingerprint density at radius 1 is 1.12 bits per heavy atom. The van der Waals surface area contributed by atoms with Crippen LogP contribution in [0.1, 0.15) is 18.9 Å². The summed E-state index contributed by atoms with van der Waals surface area (Å²) in [6.07, 6.45) is 2.66. The first-order valence-electron chi connectivity index (χ1n) is 8.07. The van der Waals surface area contributed by atoms with Gasteiger partial charge in [0.2, 0.25) is 5.91 Å². The zero-order chi connectivity index (χ0) is 16.9. The van der Waals surface area contributed by atoms with Gasteiger partial charge in [-0.15, -0.1) is 0 Å². The molecular weight excluding hydrogens is 302 g/mol. The van der Waals surface area contributed by atoms with E-state index in [1.807, 2.05) is 38.4 Å². The number of nitrogens with one attached hydrogen (secondary N) is 2. The van der Waals surface area contributed by atoms with Gasteiger partial charge in [-0.2, -0.15) is 0 Å². The van der Waals surface area contributed by atoms with E-state index >= 15 is 0 Å². The van der Waals surface area contributed by atoms with E-state index in [0.717, 1.165) is 22.2 Å². The summed E-state index contributed by atoms with van der Waals surface area (Å²) in [5.41, 5.74) is 2.46. The number of amides is 1. The van der Waals surface area contributed by atoms with Crippen molar-refractivity contribution in [3.05, 3.63) is 58.5 Å². The Hall–Kier alpha value is -2.82. The van der Waals surface area contributed by atoms with Gasteiger partial charge in [0.05, 0.1) is 5.41 Å². The van der Waals surface area contributed by atoms with Gasteiger partial charge >= 0.3 is 0 Å². The number of benzene rings is 1. The number of aryl methyl sites for hydroxylation is 1. The summed E-state index contributed by atoms with van der Waals surface area (Å²) in [5, 5.41) is 3.94. The number of carbonyl (C=O) groups excluding carboxylic acids is 1. The summed E-state index contributed by atoms with van der Waals surface area (Å²) in [7, 11) is 2.01. The number of hydrogen-bond donors (Lipinski definition) is 2. The Morgan fingerprint density at radius 3 is 2.67 bits per heavy atom. The highest BCUT2D eigenvalue weighted by Gasteiger charge is 2.41. The highest BCUT2D eigenvalue weighted by atomic mass is 16.2. The van der Waals surface area contributed by atoms with Crippen molar-refractivity contribution in [2.75, 3.05) is 6.54 Å². The third-order valence-electron chi connectivity index (χ3n) is 5.11. The van der Waals surface area contributed by atoms with Gasteiger partial charge in [-0.1, -0.05) is 12.1 Å². The van der Waals surface area contributed by atoms with Gasteiger partial charge in [-0.3, -0.25) is 9.59 Å². The van der Waals surface area contributed by atoms with Crippen LogP contribution in [0.4, 0.5) is 0 Å². The van der Waals surface area contributed by atoms with E-state index in [0.29, 0.717) is 18.5 Å². The number of nitrogens with zero attached hydrogens (tertiary/aromatic N) is 1. The summed E-state index contributed by atoms with van der Waals surface area (Å²) < 4.78 is 2.06. The molecule has 2 aromatic heterocycles. The highest BCUT2D eigenvalue weighted by Crippen LogP contribution is 2.30. The Labute approximate surface area is 139 Å². The quantitative estimate of drug-likeness (QED) is 0.760. The minimum absolute atomic E-state index is 0.0774. The van der Waals surface area contributed by atoms with Crippen LogP contribution in [0.5, 0.6) is 0 Å². The molecule has 1 saturated heterocycles. The molecule has 24 heavy (non-hydrogen) atoms. The largest absolute Gasteiger partial charge is 0.355 e. The number of rotatable bonds is 2. The molecule has 0 spiro atoms. The van der Waals surface area contributed by atoms with Crippen LogP contribution in [-0.4, -0.2) is 22.0 Å². The van der Waals surface area contributed by atoms with Gasteiger partial charge in [0, 0.05) is 41.9 Å². The third-order valence-corrected chi connectivity index (χ3v) is 5.11. The highest BCUT2D eigenvalue weighted by molar-refractivity contribution is 5.90. The molecule has 1 unspecified atom stereocenters. The molecule has 1 aromatic carbocycles. The second kappa shape index (κ2) is 5.09. The molecular formula is C19H19N3O2. The second-order valence-corrected chi connectivity index (χ2v) is 6.65. The monoisotopic (exact) mass is 321 g/mol. The maximum Gasteiger partial charge on any atom is 0.252 e. The molecule has 1 aliphatic rings. The molecule has 5 nitrogen and oxygen atoms in total. The van der Waals surface area contributed by atoms with E-state index < -0.39 is 5.41 Å². The van der Waals surface area contributed by atoms with E-state index in [4.69, 9.17) is 0 Å². The van der Waals surface area contributed by atoms with Crippen molar-refractivity contribution < 1.29 is 4.79 Å². The Balaban J connectivity index is 1.78. The van der Waals surface area contributed by atoms with E-state index in [9.17, 15) is 9.59 Å². The molecule has 0 bridgehead atoms. The van der Waals surface area contributed by atoms with Crippen molar-refractivity contribution in [2.45, 2.75) is 18.8 Å². The average molecular weight is 321 g/mol. The Kier molecular flexibility index (Phi) is 3.13. The molecule has 4 rings (SSSR count). The lowest BCUT2D eigenvalue weighted by Gasteiger charge is -2.20. The number of carbonyl (C=O) groups is 1. The molecule has 122 valence electrons. The fourth-order valence-corrected chi connectivity index (χ4v) is 3.52. The van der Waals surface area contributed by atoms with E-state index in [2.05, 4.69) is 27.0 Å². The first-order valence-corrected chi connectivity index (χ1v) is 8.07. The van der Waals surface area contributed by atoms with Crippen molar-refractivity contribution in [2.24, 2.45) is 7.05 Å². The number of fused-ring (bicyclic) bond motifs is 1. The maximum absolute atomic E-state index is 12.6. The SMILES string of the molecule is Cn1ccc2cc(-c3ccc(C4(C)CCNC4=O)c(=O)[nH]3)ccc21. The molecule has 0 saturated carbocycles. The predicted octanol–water partition coefficient (Wildman–Crippen LogP) is 2.31. The summed E-state index contributed by atoms with van der Waals surface area (Å²) in [4.78, 5) is 27.6. The van der Waals surface area contributed by atoms with Crippen molar-refractivity contribution in [1.82, 2.24) is 14.9 Å². The van der Waals surface area contributed by atoms with Crippen molar-refractivity contribution >= 4 is 16.8 Å². The standard InChI is InChI=1S/C19H19N3O2/c1-19(8-9-20-18(19)24)14-4-5-15(21-17(14)23)12-3-6-16-13(11-12)7-10-22(16)2/h3-7,10-11H,8-9H2,1-2H3,(H,20,24)(H,21,23). The minimum atomic E-state index is -0.741. The number of H-pyrrole nitrogens is 1. The maximum atomic E-state index is 12.6. The summed E-state index contributed by atoms with van der Waals surface area (Å²) in [5.74, 6) is -0.0774. The number of aromatic nitrogens is 2. The van der Waals surface area contributed by atoms with Crippen LogP contribution in [-0.2, 0) is 17.3 Å². The Morgan fingerprint density at radius 2 is 1.96 bits per heavy atom. The molecule has 1 amide bonds. The van der Waals surface area contributed by atoms with Crippen molar-refractivity contribution in [3.8, 4) is 11.3 Å². The number of aromatic amines is 1. The van der Waals surface area contributed by atoms with Gasteiger partial charge in [-0.05, 0) is 43.2 Å². The first kappa shape index (κ1) is 14.8. The normalized spacial score (nSPS) is 20.5. The van der Waals surface area contributed by atoms with Crippen LogP contribution >= 0.6 is 0 Å². The summed E-state index contributed by atoms with van der Waals surface area (Å²) >= 11 is 0. The zero-order valence-electron chi connectivity index (χ0n) is 13.7. The lowest BCUT2D eigenvalue weighted by atomic mass is 9.81. The molecule has 1 aliphatic heterocycles. The second-order valence-electron chi connectivity index (χ2n) is 6.65. The fourth-order valence-electron chi connectivity index (χ4n) is 3.52. The molecule has 0 radical (unpaired) electrons. The van der Waals surface area contributed by atoms with Gasteiger partial charge in [-0.25, -0.2) is 0 Å². The zero-order valence-corrected chi connectivity index (χ0v) is 13.7. The topological polar surface area (TPSA) is 66.9 Å². The Bertz CT molecular complexity index is 1010. The number of pyridine rings is 1. The minimum Gasteiger partial charge on any atom is -0.355 e. The molecule has 3 heterocycles.